The van der Waals surface area contributed by atoms with Crippen molar-refractivity contribution in [1.82, 2.24) is 10.6 Å². The molecule has 0 radical (unpaired) electrons. The molecule has 164 valence electrons. The van der Waals surface area contributed by atoms with Crippen molar-refractivity contribution in [2.24, 2.45) is 5.92 Å². The molecule has 0 bridgehead atoms. The minimum atomic E-state index is -0.235. The first-order chi connectivity index (χ1) is 15.8. The van der Waals surface area contributed by atoms with Crippen LogP contribution in [0.5, 0.6) is 11.5 Å². The third kappa shape index (κ3) is 4.36. The molecule has 0 saturated heterocycles. The van der Waals surface area contributed by atoms with Crippen LogP contribution in [0, 0.1) is 5.92 Å². The van der Waals surface area contributed by atoms with Gasteiger partial charge in [-0.05, 0) is 36.5 Å². The van der Waals surface area contributed by atoms with Gasteiger partial charge < -0.3 is 15.4 Å². The number of benzene rings is 3. The molecule has 1 heterocycles. The second-order valence-electron chi connectivity index (χ2n) is 8.88. The van der Waals surface area contributed by atoms with Crippen LogP contribution in [0.25, 0.3) is 0 Å². The van der Waals surface area contributed by atoms with Crippen LogP contribution < -0.4 is 15.4 Å². The van der Waals surface area contributed by atoms with Crippen molar-refractivity contribution in [1.29, 1.82) is 0 Å². The number of hydrogen-bond donors (Lipinski definition) is 2. The largest absolute Gasteiger partial charge is 0.457 e. The molecule has 3 aromatic rings. The van der Waals surface area contributed by atoms with Crippen molar-refractivity contribution in [2.45, 2.75) is 44.1 Å². The van der Waals surface area contributed by atoms with Crippen LogP contribution in [0.4, 0.5) is 4.79 Å². The molecule has 0 unspecified atom stereocenters. The Labute approximate surface area is 190 Å². The maximum Gasteiger partial charge on any atom is 0.315 e. The summed E-state index contributed by atoms with van der Waals surface area (Å²) in [7, 11) is 0. The normalized spacial score (nSPS) is 16.9. The second-order valence-corrected chi connectivity index (χ2v) is 8.88. The van der Waals surface area contributed by atoms with Crippen LogP contribution in [0.3, 0.4) is 0 Å². The van der Waals surface area contributed by atoms with E-state index in [1.807, 2.05) is 48.5 Å². The average molecular weight is 427 g/mol. The quantitative estimate of drug-likeness (QED) is 0.486. The smallest absolute Gasteiger partial charge is 0.315 e. The standard InChI is InChI=1S/C28H30N2O2/c31-28(29-19-24(20-11-3-1-4-12-20)21-13-5-2-6-14-21)30-27-22-15-7-9-17-25(22)32-26-18-10-8-16-23(26)27/h1,3-4,7-12,15-18,21,24,27H,2,5-6,13-14,19H2,(H2,29,30,31)/t24-/m0/s1. The maximum atomic E-state index is 13.1. The van der Waals surface area contributed by atoms with Gasteiger partial charge in [0.05, 0.1) is 6.04 Å². The van der Waals surface area contributed by atoms with E-state index in [1.165, 1.54) is 37.7 Å². The maximum absolute atomic E-state index is 13.1. The van der Waals surface area contributed by atoms with Crippen molar-refractivity contribution in [3.8, 4) is 11.5 Å². The minimum absolute atomic E-state index is 0.141. The van der Waals surface area contributed by atoms with Crippen molar-refractivity contribution in [3.63, 3.8) is 0 Å². The lowest BCUT2D eigenvalue weighted by atomic mass is 9.77. The molecule has 4 nitrogen and oxygen atoms in total. The minimum Gasteiger partial charge on any atom is -0.457 e. The molecular weight excluding hydrogens is 396 g/mol. The predicted octanol–water partition coefficient (Wildman–Crippen LogP) is 6.55. The van der Waals surface area contributed by atoms with E-state index in [0.29, 0.717) is 18.4 Å². The Morgan fingerprint density at radius 2 is 1.41 bits per heavy atom. The van der Waals surface area contributed by atoms with E-state index in [4.69, 9.17) is 4.74 Å². The van der Waals surface area contributed by atoms with Gasteiger partial charge in [0, 0.05) is 23.6 Å². The van der Waals surface area contributed by atoms with E-state index in [2.05, 4.69) is 41.0 Å². The third-order valence-electron chi connectivity index (χ3n) is 6.88. The average Bonchev–Trinajstić information content (AvgIpc) is 2.85. The molecule has 1 fully saturated rings. The Balaban J connectivity index is 1.32. The second kappa shape index (κ2) is 9.47. The molecule has 2 N–H and O–H groups in total. The fourth-order valence-corrected chi connectivity index (χ4v) is 5.24. The fourth-order valence-electron chi connectivity index (χ4n) is 5.24. The summed E-state index contributed by atoms with van der Waals surface area (Å²) in [5.41, 5.74) is 3.28. The molecule has 0 aromatic heterocycles. The fraction of sp³-hybridized carbons (Fsp3) is 0.321. The van der Waals surface area contributed by atoms with Crippen molar-refractivity contribution < 1.29 is 9.53 Å². The zero-order valence-corrected chi connectivity index (χ0v) is 18.3. The van der Waals surface area contributed by atoms with Gasteiger partial charge in [-0.1, -0.05) is 86.0 Å². The molecule has 1 aliphatic heterocycles. The number of fused-ring (bicyclic) bond motifs is 2. The van der Waals surface area contributed by atoms with E-state index in [0.717, 1.165) is 22.6 Å². The summed E-state index contributed by atoms with van der Waals surface area (Å²) >= 11 is 0. The van der Waals surface area contributed by atoms with Gasteiger partial charge in [-0.25, -0.2) is 4.79 Å². The van der Waals surface area contributed by atoms with Crippen molar-refractivity contribution in [3.05, 3.63) is 95.6 Å². The number of ether oxygens (including phenoxy) is 1. The van der Waals surface area contributed by atoms with Crippen molar-refractivity contribution >= 4 is 6.03 Å². The van der Waals surface area contributed by atoms with Crippen LogP contribution in [0.15, 0.2) is 78.9 Å². The third-order valence-corrected chi connectivity index (χ3v) is 6.88. The molecule has 1 aliphatic carbocycles. The van der Waals surface area contributed by atoms with Gasteiger partial charge in [0.15, 0.2) is 0 Å². The summed E-state index contributed by atoms with van der Waals surface area (Å²) < 4.78 is 6.05. The molecule has 1 atom stereocenters. The van der Waals surface area contributed by atoms with Gasteiger partial charge in [0.2, 0.25) is 0 Å². The number of nitrogens with one attached hydrogen (secondary N) is 2. The topological polar surface area (TPSA) is 50.4 Å². The number of rotatable bonds is 5. The summed E-state index contributed by atoms with van der Waals surface area (Å²) in [6.45, 7) is 0.646. The zero-order valence-electron chi connectivity index (χ0n) is 18.3. The van der Waals surface area contributed by atoms with Gasteiger partial charge in [0.25, 0.3) is 0 Å². The lowest BCUT2D eigenvalue weighted by molar-refractivity contribution is 0.233. The zero-order chi connectivity index (χ0) is 21.8. The van der Waals surface area contributed by atoms with Gasteiger partial charge in [-0.2, -0.15) is 0 Å². The summed E-state index contributed by atoms with van der Waals surface area (Å²) in [5, 5.41) is 6.41. The molecule has 4 heteroatoms. The molecule has 32 heavy (non-hydrogen) atoms. The lowest BCUT2D eigenvalue weighted by Gasteiger charge is -2.32. The predicted molar refractivity (Wildman–Crippen MR) is 127 cm³/mol. The summed E-state index contributed by atoms with van der Waals surface area (Å²) in [6.07, 6.45) is 6.38. The molecule has 5 rings (SSSR count). The van der Waals surface area contributed by atoms with Gasteiger partial charge in [-0.15, -0.1) is 0 Å². The Morgan fingerprint density at radius 1 is 0.812 bits per heavy atom. The lowest BCUT2D eigenvalue weighted by Crippen LogP contribution is -2.41. The van der Waals surface area contributed by atoms with Crippen LogP contribution >= 0.6 is 0 Å². The number of carbonyl (C=O) groups is 1. The van der Waals surface area contributed by atoms with E-state index in [9.17, 15) is 4.79 Å². The Hall–Kier alpha value is -3.27. The highest BCUT2D eigenvalue weighted by atomic mass is 16.5. The van der Waals surface area contributed by atoms with Crippen LogP contribution in [-0.2, 0) is 0 Å². The van der Waals surface area contributed by atoms with E-state index in [1.54, 1.807) is 0 Å². The van der Waals surface area contributed by atoms with Crippen LogP contribution in [0.2, 0.25) is 0 Å². The first-order valence-corrected chi connectivity index (χ1v) is 11.7. The van der Waals surface area contributed by atoms with Gasteiger partial charge in [-0.3, -0.25) is 0 Å². The number of hydrogen-bond acceptors (Lipinski definition) is 2. The molecule has 2 amide bonds. The molecule has 0 spiro atoms. The SMILES string of the molecule is O=C(NC[C@@H](c1ccccc1)C1CCCCC1)NC1c2ccccc2Oc2ccccc21. The summed E-state index contributed by atoms with van der Waals surface area (Å²) in [6, 6.07) is 26.1. The number of amides is 2. The molecule has 2 aliphatic rings. The first kappa shape index (κ1) is 20.6. The first-order valence-electron chi connectivity index (χ1n) is 11.7. The highest BCUT2D eigenvalue weighted by Gasteiger charge is 2.29. The molecule has 1 saturated carbocycles. The summed E-state index contributed by atoms with van der Waals surface area (Å²) in [5.74, 6) is 2.55. The monoisotopic (exact) mass is 426 g/mol. The Kier molecular flexibility index (Phi) is 6.11. The van der Waals surface area contributed by atoms with E-state index < -0.39 is 0 Å². The van der Waals surface area contributed by atoms with E-state index in [-0.39, 0.29) is 12.1 Å². The number of carbonyl (C=O) groups excluding carboxylic acids is 1. The van der Waals surface area contributed by atoms with Crippen LogP contribution in [-0.4, -0.2) is 12.6 Å². The highest BCUT2D eigenvalue weighted by Crippen LogP contribution is 2.42. The highest BCUT2D eigenvalue weighted by molar-refractivity contribution is 5.76. The summed E-state index contributed by atoms with van der Waals surface area (Å²) in [4.78, 5) is 13.1. The Bertz CT molecular complexity index is 1010. The molecular formula is C28H30N2O2. The van der Waals surface area contributed by atoms with Crippen LogP contribution in [0.1, 0.15) is 60.8 Å². The number of urea groups is 1. The Morgan fingerprint density at radius 3 is 2.06 bits per heavy atom. The van der Waals surface area contributed by atoms with Gasteiger partial charge in [0.1, 0.15) is 11.5 Å². The van der Waals surface area contributed by atoms with Gasteiger partial charge >= 0.3 is 6.03 Å². The number of para-hydroxylation sites is 2. The molecule has 3 aromatic carbocycles. The van der Waals surface area contributed by atoms with Crippen molar-refractivity contribution in [2.75, 3.05) is 6.54 Å². The van der Waals surface area contributed by atoms with E-state index >= 15 is 0 Å².